The van der Waals surface area contributed by atoms with Crippen LogP contribution in [0.5, 0.6) is 5.75 Å². The lowest BCUT2D eigenvalue weighted by Gasteiger charge is -2.15. The van der Waals surface area contributed by atoms with E-state index in [-0.39, 0.29) is 0 Å². The lowest BCUT2D eigenvalue weighted by Crippen LogP contribution is -2.34. The molecule has 0 aromatic heterocycles. The van der Waals surface area contributed by atoms with Crippen LogP contribution in [0.4, 0.5) is 0 Å². The van der Waals surface area contributed by atoms with Gasteiger partial charge in [0.1, 0.15) is 5.75 Å². The minimum Gasteiger partial charge on any atom is -0.497 e. The molecule has 0 bridgehead atoms. The van der Waals surface area contributed by atoms with Crippen LogP contribution in [0.1, 0.15) is 30.1 Å². The van der Waals surface area contributed by atoms with Crippen LogP contribution in [0, 0.1) is 0 Å². The molecule has 1 aromatic rings. The first kappa shape index (κ1) is 14.2. The quantitative estimate of drug-likeness (QED) is 0.573. The first-order valence-electron chi connectivity index (χ1n) is 6.04. The number of amides is 1. The van der Waals surface area contributed by atoms with Gasteiger partial charge in [-0.05, 0) is 18.6 Å². The zero-order valence-electron chi connectivity index (χ0n) is 11.1. The van der Waals surface area contributed by atoms with Gasteiger partial charge < -0.3 is 9.64 Å². The van der Waals surface area contributed by atoms with Crippen LogP contribution in [0.3, 0.4) is 0 Å². The standard InChI is InChI=1S/C14H19NO3/c1-4-5-9-15(2)14(17)13(16)11-7-6-8-12(10-11)18-3/h6-8,10H,4-5,9H2,1-3H3. The molecular formula is C14H19NO3. The van der Waals surface area contributed by atoms with Gasteiger partial charge in [0, 0.05) is 19.2 Å². The van der Waals surface area contributed by atoms with Gasteiger partial charge >= 0.3 is 0 Å². The van der Waals surface area contributed by atoms with Crippen LogP contribution in [0.2, 0.25) is 0 Å². The van der Waals surface area contributed by atoms with Gasteiger partial charge in [-0.1, -0.05) is 25.5 Å². The zero-order valence-corrected chi connectivity index (χ0v) is 11.1. The summed E-state index contributed by atoms with van der Waals surface area (Å²) in [6, 6.07) is 6.64. The van der Waals surface area contributed by atoms with E-state index in [2.05, 4.69) is 0 Å². The van der Waals surface area contributed by atoms with Crippen molar-refractivity contribution in [3.63, 3.8) is 0 Å². The predicted molar refractivity (Wildman–Crippen MR) is 69.9 cm³/mol. The largest absolute Gasteiger partial charge is 0.497 e. The van der Waals surface area contributed by atoms with E-state index in [9.17, 15) is 9.59 Å². The molecule has 0 atom stereocenters. The number of rotatable bonds is 6. The first-order valence-corrected chi connectivity index (χ1v) is 6.04. The number of carbonyl (C=O) groups is 2. The number of ketones is 1. The van der Waals surface area contributed by atoms with Gasteiger partial charge in [0.05, 0.1) is 7.11 Å². The lowest BCUT2D eigenvalue weighted by molar-refractivity contribution is -0.125. The Morgan fingerprint density at radius 2 is 2.06 bits per heavy atom. The maximum absolute atomic E-state index is 12.0. The van der Waals surface area contributed by atoms with E-state index in [1.165, 1.54) is 12.0 Å². The van der Waals surface area contributed by atoms with E-state index in [0.29, 0.717) is 17.9 Å². The van der Waals surface area contributed by atoms with Gasteiger partial charge in [-0.3, -0.25) is 9.59 Å². The third-order valence-electron chi connectivity index (χ3n) is 2.72. The SMILES string of the molecule is CCCCN(C)C(=O)C(=O)c1cccc(OC)c1. The number of methoxy groups -OCH3 is 1. The molecule has 98 valence electrons. The average molecular weight is 249 g/mol. The van der Waals surface area contributed by atoms with Crippen molar-refractivity contribution < 1.29 is 14.3 Å². The Morgan fingerprint density at radius 1 is 1.33 bits per heavy atom. The molecule has 0 saturated carbocycles. The van der Waals surface area contributed by atoms with Crippen molar-refractivity contribution >= 4 is 11.7 Å². The summed E-state index contributed by atoms with van der Waals surface area (Å²) in [5, 5.41) is 0. The number of carbonyl (C=O) groups excluding carboxylic acids is 2. The fourth-order valence-corrected chi connectivity index (χ4v) is 1.56. The van der Waals surface area contributed by atoms with Crippen LogP contribution in [0.25, 0.3) is 0 Å². The van der Waals surface area contributed by atoms with E-state index in [4.69, 9.17) is 4.74 Å². The number of hydrogen-bond acceptors (Lipinski definition) is 3. The third kappa shape index (κ3) is 3.58. The Kier molecular flexibility index (Phi) is 5.36. The molecule has 4 heteroatoms. The monoisotopic (exact) mass is 249 g/mol. The highest BCUT2D eigenvalue weighted by Crippen LogP contribution is 2.13. The van der Waals surface area contributed by atoms with E-state index < -0.39 is 11.7 Å². The molecule has 1 rings (SSSR count). The van der Waals surface area contributed by atoms with Gasteiger partial charge in [0.2, 0.25) is 5.78 Å². The molecule has 0 aliphatic heterocycles. The van der Waals surface area contributed by atoms with Crippen LogP contribution < -0.4 is 4.74 Å². The predicted octanol–water partition coefficient (Wildman–Crippen LogP) is 2.14. The first-order chi connectivity index (χ1) is 8.60. The summed E-state index contributed by atoms with van der Waals surface area (Å²) in [7, 11) is 3.18. The Bertz CT molecular complexity index is 429. The maximum atomic E-state index is 12.0. The molecule has 0 saturated heterocycles. The van der Waals surface area contributed by atoms with Crippen LogP contribution in [-0.2, 0) is 4.79 Å². The molecule has 0 aliphatic carbocycles. The summed E-state index contributed by atoms with van der Waals surface area (Å²) in [4.78, 5) is 25.3. The smallest absolute Gasteiger partial charge is 0.294 e. The van der Waals surface area contributed by atoms with E-state index in [1.54, 1.807) is 31.3 Å². The summed E-state index contributed by atoms with van der Waals surface area (Å²) >= 11 is 0. The van der Waals surface area contributed by atoms with Crippen molar-refractivity contribution in [1.29, 1.82) is 0 Å². The number of ether oxygens (including phenoxy) is 1. The minimum absolute atomic E-state index is 0.364. The molecular weight excluding hydrogens is 230 g/mol. The number of Topliss-reactive ketones (excluding diaryl/α,β-unsaturated/α-hetero) is 1. The summed E-state index contributed by atoms with van der Waals surface area (Å²) < 4.78 is 5.03. The topological polar surface area (TPSA) is 46.6 Å². The fourth-order valence-electron chi connectivity index (χ4n) is 1.56. The molecule has 0 radical (unpaired) electrons. The highest BCUT2D eigenvalue weighted by atomic mass is 16.5. The van der Waals surface area contributed by atoms with Crippen LogP contribution >= 0.6 is 0 Å². The summed E-state index contributed by atoms with van der Waals surface area (Å²) in [6.07, 6.45) is 1.89. The summed E-state index contributed by atoms with van der Waals surface area (Å²) in [5.41, 5.74) is 0.364. The van der Waals surface area contributed by atoms with Gasteiger partial charge in [0.15, 0.2) is 0 Å². The van der Waals surface area contributed by atoms with E-state index >= 15 is 0 Å². The zero-order chi connectivity index (χ0) is 13.5. The number of nitrogens with zero attached hydrogens (tertiary/aromatic N) is 1. The van der Waals surface area contributed by atoms with Crippen molar-refractivity contribution in [1.82, 2.24) is 4.90 Å². The molecule has 1 aromatic carbocycles. The molecule has 4 nitrogen and oxygen atoms in total. The number of likely N-dealkylation sites (N-methyl/N-ethyl adjacent to an activating group) is 1. The minimum atomic E-state index is -0.493. The second kappa shape index (κ2) is 6.79. The number of unbranched alkanes of at least 4 members (excludes halogenated alkanes) is 1. The highest BCUT2D eigenvalue weighted by Gasteiger charge is 2.20. The van der Waals surface area contributed by atoms with Crippen molar-refractivity contribution in [3.05, 3.63) is 29.8 Å². The molecule has 0 spiro atoms. The van der Waals surface area contributed by atoms with Crippen molar-refractivity contribution in [2.45, 2.75) is 19.8 Å². The van der Waals surface area contributed by atoms with Gasteiger partial charge in [0.25, 0.3) is 5.91 Å². The average Bonchev–Trinajstić information content (AvgIpc) is 2.43. The van der Waals surface area contributed by atoms with Crippen molar-refractivity contribution in [3.8, 4) is 5.75 Å². The molecule has 0 heterocycles. The Morgan fingerprint density at radius 3 is 2.67 bits per heavy atom. The maximum Gasteiger partial charge on any atom is 0.294 e. The molecule has 0 unspecified atom stereocenters. The molecule has 0 fully saturated rings. The normalized spacial score (nSPS) is 9.94. The highest BCUT2D eigenvalue weighted by molar-refractivity contribution is 6.42. The number of hydrogen-bond donors (Lipinski definition) is 0. The van der Waals surface area contributed by atoms with Crippen molar-refractivity contribution in [2.75, 3.05) is 20.7 Å². The van der Waals surface area contributed by atoms with Gasteiger partial charge in [-0.15, -0.1) is 0 Å². The number of benzene rings is 1. The van der Waals surface area contributed by atoms with E-state index in [0.717, 1.165) is 12.8 Å². The Balaban J connectivity index is 2.76. The van der Waals surface area contributed by atoms with Crippen LogP contribution in [-0.4, -0.2) is 37.3 Å². The van der Waals surface area contributed by atoms with E-state index in [1.807, 2.05) is 6.92 Å². The second-order valence-corrected chi connectivity index (χ2v) is 4.14. The molecule has 1 amide bonds. The van der Waals surface area contributed by atoms with Crippen LogP contribution in [0.15, 0.2) is 24.3 Å². The molecule has 18 heavy (non-hydrogen) atoms. The molecule has 0 aliphatic rings. The Hall–Kier alpha value is -1.84. The summed E-state index contributed by atoms with van der Waals surface area (Å²) in [6.45, 7) is 2.65. The van der Waals surface area contributed by atoms with Crippen molar-refractivity contribution in [2.24, 2.45) is 0 Å². The van der Waals surface area contributed by atoms with Gasteiger partial charge in [-0.2, -0.15) is 0 Å². The lowest BCUT2D eigenvalue weighted by atomic mass is 10.1. The van der Waals surface area contributed by atoms with Gasteiger partial charge in [-0.25, -0.2) is 0 Å². The fraction of sp³-hybridized carbons (Fsp3) is 0.429. The molecule has 0 N–H and O–H groups in total. The summed E-state index contributed by atoms with van der Waals surface area (Å²) in [5.74, 6) is -0.394. The second-order valence-electron chi connectivity index (χ2n) is 4.14. The Labute approximate surface area is 108 Å². The third-order valence-corrected chi connectivity index (χ3v) is 2.72.